The summed E-state index contributed by atoms with van der Waals surface area (Å²) in [4.78, 5) is 15.6. The lowest BCUT2D eigenvalue weighted by Crippen LogP contribution is -2.14. The molecule has 1 heterocycles. The maximum atomic E-state index is 13.4. The molecule has 18 heavy (non-hydrogen) atoms. The molecule has 0 bridgehead atoms. The molecule has 6 heteroatoms. The van der Waals surface area contributed by atoms with Gasteiger partial charge in [0.15, 0.2) is 0 Å². The number of pyridine rings is 1. The number of benzene rings is 1. The molecule has 1 N–H and O–H groups in total. The van der Waals surface area contributed by atoms with Crippen molar-refractivity contribution >= 4 is 34.8 Å². The number of hydrogen-bond acceptors (Lipinski definition) is 2. The molecule has 1 amide bonds. The molecule has 0 aliphatic carbocycles. The minimum absolute atomic E-state index is 0.00530. The molecule has 0 aliphatic heterocycles. The maximum absolute atomic E-state index is 13.4. The van der Waals surface area contributed by atoms with Gasteiger partial charge in [-0.25, -0.2) is 4.39 Å². The fourth-order valence-corrected chi connectivity index (χ4v) is 1.64. The predicted molar refractivity (Wildman–Crippen MR) is 68.6 cm³/mol. The predicted octanol–water partition coefficient (Wildman–Crippen LogP) is 3.78. The number of aromatic nitrogens is 1. The van der Waals surface area contributed by atoms with Crippen molar-refractivity contribution < 1.29 is 9.18 Å². The lowest BCUT2D eigenvalue weighted by atomic mass is 10.3. The van der Waals surface area contributed by atoms with Crippen LogP contribution in [-0.4, -0.2) is 10.9 Å². The van der Waals surface area contributed by atoms with Crippen molar-refractivity contribution in [3.05, 3.63) is 58.1 Å². The van der Waals surface area contributed by atoms with Crippen LogP contribution in [0.25, 0.3) is 0 Å². The highest BCUT2D eigenvalue weighted by molar-refractivity contribution is 6.31. The van der Waals surface area contributed by atoms with E-state index in [1.807, 2.05) is 0 Å². The summed E-state index contributed by atoms with van der Waals surface area (Å²) >= 11 is 11.5. The van der Waals surface area contributed by atoms with Crippen LogP contribution in [0.15, 0.2) is 36.5 Å². The van der Waals surface area contributed by atoms with Gasteiger partial charge < -0.3 is 5.32 Å². The standard InChI is InChI=1S/C12H7Cl2FN2O/c13-7-1-2-9(15)10(5-7)17-12(18)11-6-8(14)3-4-16-11/h1-6H,(H,17,18). The fraction of sp³-hybridized carbons (Fsp3) is 0. The molecule has 1 aromatic heterocycles. The van der Waals surface area contributed by atoms with Crippen LogP contribution in [0.4, 0.5) is 10.1 Å². The van der Waals surface area contributed by atoms with Crippen molar-refractivity contribution in [2.24, 2.45) is 0 Å². The van der Waals surface area contributed by atoms with Crippen LogP contribution in [-0.2, 0) is 0 Å². The van der Waals surface area contributed by atoms with Gasteiger partial charge in [-0.3, -0.25) is 9.78 Å². The number of rotatable bonds is 2. The smallest absolute Gasteiger partial charge is 0.274 e. The Balaban J connectivity index is 2.24. The molecule has 2 aromatic rings. The SMILES string of the molecule is O=C(Nc1cc(Cl)ccc1F)c1cc(Cl)ccn1. The van der Waals surface area contributed by atoms with Gasteiger partial charge in [0.25, 0.3) is 5.91 Å². The summed E-state index contributed by atoms with van der Waals surface area (Å²) in [5.41, 5.74) is 0.0937. The molecule has 0 saturated carbocycles. The molecule has 0 aliphatic rings. The van der Waals surface area contributed by atoms with Crippen LogP contribution in [0, 0.1) is 5.82 Å². The second kappa shape index (κ2) is 5.33. The highest BCUT2D eigenvalue weighted by atomic mass is 35.5. The van der Waals surface area contributed by atoms with Gasteiger partial charge in [0, 0.05) is 16.2 Å². The van der Waals surface area contributed by atoms with Gasteiger partial charge in [-0.2, -0.15) is 0 Å². The van der Waals surface area contributed by atoms with E-state index in [1.165, 1.54) is 36.5 Å². The number of nitrogens with zero attached hydrogens (tertiary/aromatic N) is 1. The van der Waals surface area contributed by atoms with Crippen molar-refractivity contribution in [2.75, 3.05) is 5.32 Å². The zero-order chi connectivity index (χ0) is 13.1. The topological polar surface area (TPSA) is 42.0 Å². The average molecular weight is 285 g/mol. The van der Waals surface area contributed by atoms with Crippen LogP contribution in [0.2, 0.25) is 10.0 Å². The Morgan fingerprint density at radius 1 is 1.17 bits per heavy atom. The Morgan fingerprint density at radius 2 is 1.89 bits per heavy atom. The third kappa shape index (κ3) is 2.97. The lowest BCUT2D eigenvalue weighted by molar-refractivity contribution is 0.102. The fourth-order valence-electron chi connectivity index (χ4n) is 1.31. The third-order valence-corrected chi connectivity index (χ3v) is 2.60. The molecule has 0 atom stereocenters. The molecule has 0 saturated heterocycles. The maximum Gasteiger partial charge on any atom is 0.274 e. The molecular weight excluding hydrogens is 278 g/mol. The highest BCUT2D eigenvalue weighted by Gasteiger charge is 2.11. The van der Waals surface area contributed by atoms with E-state index in [9.17, 15) is 9.18 Å². The second-order valence-corrected chi connectivity index (χ2v) is 4.31. The Labute approximate surface area is 113 Å². The summed E-state index contributed by atoms with van der Waals surface area (Å²) in [6.45, 7) is 0. The number of nitrogens with one attached hydrogen (secondary N) is 1. The van der Waals surface area contributed by atoms with Crippen LogP contribution in [0.5, 0.6) is 0 Å². The molecule has 0 spiro atoms. The molecule has 92 valence electrons. The molecule has 3 nitrogen and oxygen atoms in total. The molecular formula is C12H7Cl2FN2O. The number of amides is 1. The first-order valence-corrected chi connectivity index (χ1v) is 5.70. The van der Waals surface area contributed by atoms with E-state index in [0.29, 0.717) is 10.0 Å². The second-order valence-electron chi connectivity index (χ2n) is 3.44. The van der Waals surface area contributed by atoms with E-state index in [1.54, 1.807) is 0 Å². The number of anilines is 1. The first-order valence-electron chi connectivity index (χ1n) is 4.94. The minimum Gasteiger partial charge on any atom is -0.318 e. The van der Waals surface area contributed by atoms with E-state index >= 15 is 0 Å². The summed E-state index contributed by atoms with van der Waals surface area (Å²) in [5, 5.41) is 3.08. The van der Waals surface area contributed by atoms with Crippen LogP contribution in [0.1, 0.15) is 10.5 Å². The first-order chi connectivity index (χ1) is 8.56. The van der Waals surface area contributed by atoms with Gasteiger partial charge in [-0.1, -0.05) is 23.2 Å². The van der Waals surface area contributed by atoms with E-state index in [4.69, 9.17) is 23.2 Å². The lowest BCUT2D eigenvalue weighted by Gasteiger charge is -2.06. The first kappa shape index (κ1) is 12.8. The summed E-state index contributed by atoms with van der Waals surface area (Å²) in [7, 11) is 0. The van der Waals surface area contributed by atoms with Crippen molar-refractivity contribution in [1.29, 1.82) is 0 Å². The zero-order valence-electron chi connectivity index (χ0n) is 8.95. The van der Waals surface area contributed by atoms with E-state index < -0.39 is 11.7 Å². The summed E-state index contributed by atoms with van der Waals surface area (Å²) in [6, 6.07) is 6.81. The molecule has 2 rings (SSSR count). The van der Waals surface area contributed by atoms with E-state index in [2.05, 4.69) is 10.3 Å². The summed E-state index contributed by atoms with van der Waals surface area (Å²) < 4.78 is 13.4. The van der Waals surface area contributed by atoms with E-state index in [-0.39, 0.29) is 11.4 Å². The molecule has 0 radical (unpaired) electrons. The monoisotopic (exact) mass is 284 g/mol. The van der Waals surface area contributed by atoms with Gasteiger partial charge >= 0.3 is 0 Å². The average Bonchev–Trinajstić information content (AvgIpc) is 2.34. The third-order valence-electron chi connectivity index (χ3n) is 2.13. The van der Waals surface area contributed by atoms with Crippen molar-refractivity contribution in [2.45, 2.75) is 0 Å². The van der Waals surface area contributed by atoms with Crippen molar-refractivity contribution in [3.63, 3.8) is 0 Å². The van der Waals surface area contributed by atoms with Gasteiger partial charge in [0.05, 0.1) is 5.69 Å². The Bertz CT molecular complexity index is 604. The quantitative estimate of drug-likeness (QED) is 0.912. The largest absolute Gasteiger partial charge is 0.318 e. The number of carbonyl (C=O) groups excluding carboxylic acids is 1. The number of hydrogen-bond donors (Lipinski definition) is 1. The number of halogens is 3. The Kier molecular flexibility index (Phi) is 3.79. The molecule has 1 aromatic carbocycles. The van der Waals surface area contributed by atoms with Gasteiger partial charge in [-0.15, -0.1) is 0 Å². The van der Waals surface area contributed by atoms with Gasteiger partial charge in [0.1, 0.15) is 11.5 Å². The van der Waals surface area contributed by atoms with Gasteiger partial charge in [0.2, 0.25) is 0 Å². The Morgan fingerprint density at radius 3 is 2.61 bits per heavy atom. The normalized spacial score (nSPS) is 10.2. The molecule has 0 unspecified atom stereocenters. The van der Waals surface area contributed by atoms with Crippen LogP contribution < -0.4 is 5.32 Å². The minimum atomic E-state index is -0.574. The summed E-state index contributed by atoms with van der Waals surface area (Å²) in [5.74, 6) is -1.13. The zero-order valence-corrected chi connectivity index (χ0v) is 10.5. The highest BCUT2D eigenvalue weighted by Crippen LogP contribution is 2.20. The van der Waals surface area contributed by atoms with Crippen LogP contribution >= 0.6 is 23.2 Å². The summed E-state index contributed by atoms with van der Waals surface area (Å²) in [6.07, 6.45) is 1.39. The Hall–Kier alpha value is -1.65. The van der Waals surface area contributed by atoms with Crippen molar-refractivity contribution in [1.82, 2.24) is 4.98 Å². The van der Waals surface area contributed by atoms with E-state index in [0.717, 1.165) is 0 Å². The van der Waals surface area contributed by atoms with Crippen LogP contribution in [0.3, 0.4) is 0 Å². The molecule has 0 fully saturated rings. The number of carbonyl (C=O) groups is 1. The van der Waals surface area contributed by atoms with Crippen molar-refractivity contribution in [3.8, 4) is 0 Å². The van der Waals surface area contributed by atoms with Gasteiger partial charge in [-0.05, 0) is 30.3 Å².